The van der Waals surface area contributed by atoms with Crippen LogP contribution in [0.1, 0.15) is 105 Å². The molecular weight excluding hydrogens is 401 g/mol. The van der Waals surface area contributed by atoms with Gasteiger partial charge in [-0.15, -0.1) is 0 Å². The monoisotopic (exact) mass is 443 g/mol. The van der Waals surface area contributed by atoms with Gasteiger partial charge in [0.1, 0.15) is 0 Å². The molecule has 0 fully saturated rings. The summed E-state index contributed by atoms with van der Waals surface area (Å²) in [6.07, 6.45) is 19.8. The van der Waals surface area contributed by atoms with Crippen molar-refractivity contribution in [2.75, 3.05) is 6.54 Å². The Hall–Kier alpha value is 0.916. The molecule has 1 unspecified atom stereocenters. The van der Waals surface area contributed by atoms with Crippen LogP contribution in [0.15, 0.2) is 12.2 Å². The van der Waals surface area contributed by atoms with E-state index in [9.17, 15) is 17.8 Å². The van der Waals surface area contributed by atoms with Crippen LogP contribution in [0.3, 0.4) is 0 Å². The second-order valence-electron chi connectivity index (χ2n) is 7.67. The Kier molecular flexibility index (Phi) is 20.7. The predicted octanol–water partition coefficient (Wildman–Crippen LogP) is 2.31. The largest absolute Gasteiger partial charge is 1.00 e. The van der Waals surface area contributed by atoms with Gasteiger partial charge in [0.25, 0.3) is 10.1 Å². The number of allylic oxidation sites excluding steroid dienone is 2. The number of Topliss-reactive ketones (excluding diaryl/α,β-unsaturated/α-hetero) is 1. The molecule has 0 aliphatic carbocycles. The maximum Gasteiger partial charge on any atom is 1.00 e. The van der Waals surface area contributed by atoms with Crippen molar-refractivity contribution >= 4 is 15.9 Å². The van der Waals surface area contributed by atoms with Crippen LogP contribution in [0.5, 0.6) is 0 Å². The van der Waals surface area contributed by atoms with Gasteiger partial charge in [0.05, 0.1) is 0 Å². The SMILES string of the molecule is CCCCCCCCC=CCCCCCCCC(=O)C(C)(CN)S(=O)(=O)O.[H-].[K+]. The van der Waals surface area contributed by atoms with E-state index in [0.717, 1.165) is 32.1 Å². The quantitative estimate of drug-likeness (QED) is 0.147. The van der Waals surface area contributed by atoms with Crippen LogP contribution in [-0.4, -0.2) is 30.0 Å². The number of hydrogen-bond acceptors (Lipinski definition) is 4. The van der Waals surface area contributed by atoms with Crippen molar-refractivity contribution in [3.63, 3.8) is 0 Å². The van der Waals surface area contributed by atoms with Crippen LogP contribution in [0.25, 0.3) is 0 Å². The van der Waals surface area contributed by atoms with Crippen LogP contribution < -0.4 is 57.1 Å². The molecule has 0 aliphatic heterocycles. The molecule has 0 spiro atoms. The molecule has 0 rings (SSSR count). The summed E-state index contributed by atoms with van der Waals surface area (Å²) in [5.41, 5.74) is 5.38. The number of unbranched alkanes of at least 4 members (excludes halogenated alkanes) is 11. The standard InChI is InChI=1S/C21H41NO4S.K.H/c1-3-4-5-6-7-8-9-10-11-12-13-14-15-16-17-18-20(23)21(2,19-22)27(24,25)26;;/h10-11H,3-9,12-19,22H2,1-2H3,(H,24,25,26);;/q;+1;-1. The fourth-order valence-corrected chi connectivity index (χ4v) is 3.58. The van der Waals surface area contributed by atoms with Crippen molar-refractivity contribution in [2.24, 2.45) is 5.73 Å². The fourth-order valence-electron chi connectivity index (χ4n) is 2.98. The first kappa shape index (κ1) is 31.1. The first-order chi connectivity index (χ1) is 12.8. The van der Waals surface area contributed by atoms with Gasteiger partial charge in [0.2, 0.25) is 0 Å². The van der Waals surface area contributed by atoms with Crippen molar-refractivity contribution < 1.29 is 70.6 Å². The van der Waals surface area contributed by atoms with E-state index in [1.165, 1.54) is 51.9 Å². The minimum absolute atomic E-state index is 0. The minimum Gasteiger partial charge on any atom is -1.00 e. The van der Waals surface area contributed by atoms with E-state index < -0.39 is 27.2 Å². The van der Waals surface area contributed by atoms with E-state index >= 15 is 0 Å². The summed E-state index contributed by atoms with van der Waals surface area (Å²) in [5, 5.41) is 0. The molecule has 7 heteroatoms. The third kappa shape index (κ3) is 14.0. The van der Waals surface area contributed by atoms with Gasteiger partial charge in [-0.05, 0) is 39.0 Å². The van der Waals surface area contributed by atoms with Gasteiger partial charge in [-0.1, -0.05) is 70.4 Å². The zero-order valence-electron chi connectivity index (χ0n) is 19.4. The summed E-state index contributed by atoms with van der Waals surface area (Å²) in [6, 6.07) is 0. The van der Waals surface area contributed by atoms with Crippen molar-refractivity contribution in [2.45, 2.75) is 108 Å². The maximum atomic E-state index is 12.0. The molecule has 0 aliphatic rings. The van der Waals surface area contributed by atoms with Crippen LogP contribution >= 0.6 is 0 Å². The summed E-state index contributed by atoms with van der Waals surface area (Å²) in [4.78, 5) is 12.0. The molecule has 0 saturated heterocycles. The van der Waals surface area contributed by atoms with Gasteiger partial charge in [-0.25, -0.2) is 0 Å². The molecule has 0 aromatic rings. The van der Waals surface area contributed by atoms with E-state index in [1.54, 1.807) is 0 Å². The average Bonchev–Trinajstić information content (AvgIpc) is 2.62. The second kappa shape index (κ2) is 18.7. The number of carbonyl (C=O) groups excluding carboxylic acids is 1. The maximum absolute atomic E-state index is 12.0. The summed E-state index contributed by atoms with van der Waals surface area (Å²) >= 11 is 0. The average molecular weight is 444 g/mol. The number of rotatable bonds is 18. The molecule has 0 saturated carbocycles. The number of carbonyl (C=O) groups is 1. The molecule has 162 valence electrons. The second-order valence-corrected chi connectivity index (χ2v) is 9.52. The molecule has 0 heterocycles. The van der Waals surface area contributed by atoms with E-state index in [4.69, 9.17) is 5.73 Å². The third-order valence-electron chi connectivity index (χ3n) is 5.21. The van der Waals surface area contributed by atoms with Crippen molar-refractivity contribution in [1.29, 1.82) is 0 Å². The van der Waals surface area contributed by atoms with E-state index in [0.29, 0.717) is 6.42 Å². The van der Waals surface area contributed by atoms with Gasteiger partial charge in [-0.2, -0.15) is 8.42 Å². The Morgan fingerprint density at radius 1 is 0.929 bits per heavy atom. The van der Waals surface area contributed by atoms with E-state index in [2.05, 4.69) is 19.1 Å². The normalized spacial score (nSPS) is 14.0. The van der Waals surface area contributed by atoms with Crippen LogP contribution in [0.2, 0.25) is 0 Å². The number of nitrogens with two attached hydrogens (primary N) is 1. The first-order valence-corrected chi connectivity index (χ1v) is 12.1. The predicted molar refractivity (Wildman–Crippen MR) is 115 cm³/mol. The van der Waals surface area contributed by atoms with Crippen molar-refractivity contribution in [3.8, 4) is 0 Å². The van der Waals surface area contributed by atoms with Gasteiger partial charge >= 0.3 is 51.4 Å². The molecule has 28 heavy (non-hydrogen) atoms. The van der Waals surface area contributed by atoms with E-state index in [1.807, 2.05) is 0 Å². The number of hydrogen-bond donors (Lipinski definition) is 2. The van der Waals surface area contributed by atoms with Gasteiger partial charge < -0.3 is 7.16 Å². The van der Waals surface area contributed by atoms with Crippen molar-refractivity contribution in [3.05, 3.63) is 12.2 Å². The van der Waals surface area contributed by atoms with Crippen LogP contribution in [-0.2, 0) is 14.9 Å². The fraction of sp³-hybridized carbons (Fsp3) is 0.857. The molecule has 0 radical (unpaired) electrons. The molecule has 0 aromatic carbocycles. The molecule has 0 aromatic heterocycles. The van der Waals surface area contributed by atoms with Gasteiger partial charge in [-0.3, -0.25) is 9.35 Å². The summed E-state index contributed by atoms with van der Waals surface area (Å²) < 4.78 is 30.0. The molecule has 0 amide bonds. The Morgan fingerprint density at radius 3 is 1.79 bits per heavy atom. The van der Waals surface area contributed by atoms with E-state index in [-0.39, 0.29) is 59.2 Å². The summed E-state index contributed by atoms with van der Waals surface area (Å²) in [5.74, 6) is -0.495. The molecule has 1 atom stereocenters. The van der Waals surface area contributed by atoms with Crippen LogP contribution in [0, 0.1) is 0 Å². The molecular formula is C21H42KNO4S. The Morgan fingerprint density at radius 2 is 1.36 bits per heavy atom. The smallest absolute Gasteiger partial charge is 1.00 e. The molecule has 3 N–H and O–H groups in total. The zero-order valence-corrected chi connectivity index (χ0v) is 22.4. The van der Waals surface area contributed by atoms with Gasteiger partial charge in [0.15, 0.2) is 10.5 Å². The first-order valence-electron chi connectivity index (χ1n) is 10.6. The Bertz CT molecular complexity index is 529. The summed E-state index contributed by atoms with van der Waals surface area (Å²) in [6.45, 7) is 3.04. The Labute approximate surface area is 217 Å². The van der Waals surface area contributed by atoms with Gasteiger partial charge in [0, 0.05) is 13.0 Å². The van der Waals surface area contributed by atoms with Crippen LogP contribution in [0.4, 0.5) is 0 Å². The van der Waals surface area contributed by atoms with Crippen molar-refractivity contribution in [1.82, 2.24) is 0 Å². The zero-order chi connectivity index (χ0) is 20.6. The topological polar surface area (TPSA) is 97.5 Å². The number of ketones is 1. The molecule has 5 nitrogen and oxygen atoms in total. The molecule has 0 bridgehead atoms. The summed E-state index contributed by atoms with van der Waals surface area (Å²) in [7, 11) is -4.47. The Balaban J connectivity index is -0.00000338. The minimum atomic E-state index is -4.47. The third-order valence-corrected chi connectivity index (χ3v) is 6.75.